The summed E-state index contributed by atoms with van der Waals surface area (Å²) in [6.07, 6.45) is 3.52. The van der Waals surface area contributed by atoms with Gasteiger partial charge in [-0.2, -0.15) is 0 Å². The molecular weight excluding hydrogens is 230 g/mol. The second-order valence-electron chi connectivity index (χ2n) is 3.90. The first kappa shape index (κ1) is 10.5. The summed E-state index contributed by atoms with van der Waals surface area (Å²) in [5.74, 6) is 0. The van der Waals surface area contributed by atoms with Crippen LogP contribution in [0.1, 0.15) is 0 Å². The number of H-pyrrole nitrogens is 1. The third-order valence-corrected chi connectivity index (χ3v) is 2.82. The average Bonchev–Trinajstić information content (AvgIpc) is 2.82. The van der Waals surface area contributed by atoms with Crippen molar-refractivity contribution in [1.82, 2.24) is 9.97 Å². The van der Waals surface area contributed by atoms with Gasteiger partial charge in [0, 0.05) is 41.0 Å². The number of aromatic nitrogens is 2. The van der Waals surface area contributed by atoms with Crippen molar-refractivity contribution >= 4 is 16.6 Å². The Morgan fingerprint density at radius 2 is 2.11 bits per heavy atom. The minimum absolute atomic E-state index is 0.0827. The number of aromatic amines is 1. The van der Waals surface area contributed by atoms with Gasteiger partial charge in [0.05, 0.1) is 10.6 Å². The Hall–Kier alpha value is -2.69. The maximum absolute atomic E-state index is 10.8. The molecule has 0 atom stereocenters. The zero-order valence-corrected chi connectivity index (χ0v) is 9.33. The molecule has 88 valence electrons. The Morgan fingerprint density at radius 1 is 1.22 bits per heavy atom. The van der Waals surface area contributed by atoms with Crippen LogP contribution in [0.3, 0.4) is 0 Å². The number of hydrogen-bond acceptors (Lipinski definition) is 3. The highest BCUT2D eigenvalue weighted by Crippen LogP contribution is 2.29. The normalized spacial score (nSPS) is 10.7. The molecule has 5 nitrogen and oxygen atoms in total. The quantitative estimate of drug-likeness (QED) is 0.551. The molecule has 18 heavy (non-hydrogen) atoms. The van der Waals surface area contributed by atoms with E-state index in [4.69, 9.17) is 0 Å². The predicted octanol–water partition coefficient (Wildman–Crippen LogP) is 3.14. The Bertz CT molecular complexity index is 719. The van der Waals surface area contributed by atoms with Crippen LogP contribution in [0.25, 0.3) is 22.2 Å². The second kappa shape index (κ2) is 3.96. The van der Waals surface area contributed by atoms with Gasteiger partial charge in [0.25, 0.3) is 5.69 Å². The third kappa shape index (κ3) is 1.62. The first-order valence-corrected chi connectivity index (χ1v) is 5.42. The smallest absolute Gasteiger partial charge is 0.270 e. The molecule has 0 saturated carbocycles. The van der Waals surface area contributed by atoms with Gasteiger partial charge in [-0.1, -0.05) is 6.07 Å². The molecular formula is C13H9N3O2. The van der Waals surface area contributed by atoms with E-state index in [1.54, 1.807) is 18.3 Å². The topological polar surface area (TPSA) is 71.8 Å². The largest absolute Gasteiger partial charge is 0.360 e. The first-order valence-electron chi connectivity index (χ1n) is 5.42. The van der Waals surface area contributed by atoms with E-state index in [2.05, 4.69) is 9.97 Å². The number of nitrogens with one attached hydrogen (secondary N) is 1. The monoisotopic (exact) mass is 239 g/mol. The predicted molar refractivity (Wildman–Crippen MR) is 68.2 cm³/mol. The summed E-state index contributed by atoms with van der Waals surface area (Å²) < 4.78 is 0. The van der Waals surface area contributed by atoms with Gasteiger partial charge >= 0.3 is 0 Å². The van der Waals surface area contributed by atoms with Crippen molar-refractivity contribution < 1.29 is 4.92 Å². The molecule has 0 aliphatic heterocycles. The maximum Gasteiger partial charge on any atom is 0.270 e. The van der Waals surface area contributed by atoms with E-state index in [-0.39, 0.29) is 5.69 Å². The van der Waals surface area contributed by atoms with Crippen molar-refractivity contribution in [2.24, 2.45) is 0 Å². The Balaban J connectivity index is 2.24. The number of rotatable bonds is 2. The SMILES string of the molecule is O=[N+]([O-])c1ccc2[nH]cc(-c3ccccn3)c2c1. The number of pyridine rings is 1. The number of nitro benzene ring substituents is 1. The van der Waals surface area contributed by atoms with Crippen molar-refractivity contribution in [1.29, 1.82) is 0 Å². The average molecular weight is 239 g/mol. The van der Waals surface area contributed by atoms with Crippen LogP contribution in [0.5, 0.6) is 0 Å². The van der Waals surface area contributed by atoms with Crippen molar-refractivity contribution in [2.45, 2.75) is 0 Å². The third-order valence-electron chi connectivity index (χ3n) is 2.82. The second-order valence-corrected chi connectivity index (χ2v) is 3.90. The Labute approximate surface area is 102 Å². The van der Waals surface area contributed by atoms with Crippen molar-refractivity contribution in [3.8, 4) is 11.3 Å². The van der Waals surface area contributed by atoms with E-state index in [9.17, 15) is 10.1 Å². The lowest BCUT2D eigenvalue weighted by atomic mass is 10.1. The van der Waals surface area contributed by atoms with Crippen LogP contribution in [-0.4, -0.2) is 14.9 Å². The summed E-state index contributed by atoms with van der Waals surface area (Å²) in [6.45, 7) is 0. The van der Waals surface area contributed by atoms with E-state index in [1.165, 1.54) is 6.07 Å². The van der Waals surface area contributed by atoms with Crippen molar-refractivity contribution in [2.75, 3.05) is 0 Å². The molecule has 0 unspecified atom stereocenters. The molecule has 2 aromatic heterocycles. The molecule has 0 bridgehead atoms. The molecule has 0 aliphatic carbocycles. The number of fused-ring (bicyclic) bond motifs is 1. The fraction of sp³-hybridized carbons (Fsp3) is 0. The molecule has 0 fully saturated rings. The molecule has 0 amide bonds. The fourth-order valence-electron chi connectivity index (χ4n) is 1.96. The van der Waals surface area contributed by atoms with Crippen molar-refractivity contribution in [3.63, 3.8) is 0 Å². The highest BCUT2D eigenvalue weighted by molar-refractivity contribution is 5.95. The van der Waals surface area contributed by atoms with E-state index in [0.717, 1.165) is 22.2 Å². The first-order chi connectivity index (χ1) is 8.75. The summed E-state index contributed by atoms with van der Waals surface area (Å²) in [7, 11) is 0. The zero-order valence-electron chi connectivity index (χ0n) is 9.33. The van der Waals surface area contributed by atoms with Gasteiger partial charge in [-0.15, -0.1) is 0 Å². The van der Waals surface area contributed by atoms with E-state index < -0.39 is 4.92 Å². The minimum Gasteiger partial charge on any atom is -0.360 e. The summed E-state index contributed by atoms with van der Waals surface area (Å²) in [5, 5.41) is 11.6. The number of nitro groups is 1. The van der Waals surface area contributed by atoms with Crippen LogP contribution < -0.4 is 0 Å². The van der Waals surface area contributed by atoms with E-state index in [1.807, 2.05) is 24.4 Å². The zero-order chi connectivity index (χ0) is 12.5. The maximum atomic E-state index is 10.8. The lowest BCUT2D eigenvalue weighted by molar-refractivity contribution is -0.384. The summed E-state index contributed by atoms with van der Waals surface area (Å²) in [6, 6.07) is 10.4. The standard InChI is InChI=1S/C13H9N3O2/c17-16(18)9-4-5-13-10(7-9)11(8-15-13)12-3-1-2-6-14-12/h1-8,15H. The Kier molecular flexibility index (Phi) is 2.30. The number of hydrogen-bond donors (Lipinski definition) is 1. The molecule has 0 radical (unpaired) electrons. The molecule has 3 aromatic rings. The van der Waals surface area contributed by atoms with Crippen LogP contribution in [-0.2, 0) is 0 Å². The summed E-state index contributed by atoms with van der Waals surface area (Å²) >= 11 is 0. The molecule has 0 spiro atoms. The molecule has 1 aromatic carbocycles. The van der Waals surface area contributed by atoms with Gasteiger partial charge in [0.15, 0.2) is 0 Å². The van der Waals surface area contributed by atoms with Crippen LogP contribution in [0.15, 0.2) is 48.8 Å². The highest BCUT2D eigenvalue weighted by atomic mass is 16.6. The number of nitrogens with zero attached hydrogens (tertiary/aromatic N) is 2. The van der Waals surface area contributed by atoms with Gasteiger partial charge < -0.3 is 4.98 Å². The van der Waals surface area contributed by atoms with E-state index in [0.29, 0.717) is 0 Å². The summed E-state index contributed by atoms with van der Waals surface area (Å²) in [4.78, 5) is 17.7. The van der Waals surface area contributed by atoms with Crippen LogP contribution >= 0.6 is 0 Å². The van der Waals surface area contributed by atoms with Gasteiger partial charge in [0.2, 0.25) is 0 Å². The molecule has 3 rings (SSSR count). The van der Waals surface area contributed by atoms with Crippen LogP contribution in [0, 0.1) is 10.1 Å². The minimum atomic E-state index is -0.394. The van der Waals surface area contributed by atoms with Gasteiger partial charge in [-0.25, -0.2) is 0 Å². The van der Waals surface area contributed by atoms with E-state index >= 15 is 0 Å². The lowest BCUT2D eigenvalue weighted by Gasteiger charge is -1.98. The van der Waals surface area contributed by atoms with Crippen LogP contribution in [0.4, 0.5) is 5.69 Å². The number of benzene rings is 1. The van der Waals surface area contributed by atoms with Gasteiger partial charge in [0.1, 0.15) is 0 Å². The van der Waals surface area contributed by atoms with Gasteiger partial charge in [-0.05, 0) is 18.2 Å². The summed E-state index contributed by atoms with van der Waals surface area (Å²) in [5.41, 5.74) is 2.61. The molecule has 0 saturated heterocycles. The lowest BCUT2D eigenvalue weighted by Crippen LogP contribution is -1.87. The van der Waals surface area contributed by atoms with Crippen molar-refractivity contribution in [3.05, 3.63) is 58.9 Å². The Morgan fingerprint density at radius 3 is 2.83 bits per heavy atom. The number of non-ortho nitro benzene ring substituents is 1. The molecule has 5 heteroatoms. The molecule has 0 aliphatic rings. The molecule has 1 N–H and O–H groups in total. The molecule has 2 heterocycles. The van der Waals surface area contributed by atoms with Gasteiger partial charge in [-0.3, -0.25) is 15.1 Å². The highest BCUT2D eigenvalue weighted by Gasteiger charge is 2.11. The van der Waals surface area contributed by atoms with Crippen LogP contribution in [0.2, 0.25) is 0 Å². The fourth-order valence-corrected chi connectivity index (χ4v) is 1.96.